The highest BCUT2D eigenvalue weighted by Gasteiger charge is 2.10. The number of carbonyl (C=O) groups is 1. The Morgan fingerprint density at radius 2 is 1.82 bits per heavy atom. The fourth-order valence-corrected chi connectivity index (χ4v) is 2.00. The van der Waals surface area contributed by atoms with E-state index in [1.165, 1.54) is 6.39 Å². The monoisotopic (exact) mass is 294 g/mol. The van der Waals surface area contributed by atoms with Crippen LogP contribution in [0.25, 0.3) is 11.5 Å². The van der Waals surface area contributed by atoms with Crippen molar-refractivity contribution in [2.45, 2.75) is 0 Å². The summed E-state index contributed by atoms with van der Waals surface area (Å²) in [5, 5.41) is 9.12. The number of para-hydroxylation sites is 1. The minimum atomic E-state index is -0.191. The Bertz CT molecular complexity index is 740. The minimum absolute atomic E-state index is 0.191. The zero-order chi connectivity index (χ0) is 15.4. The van der Waals surface area contributed by atoms with Gasteiger partial charge in [0.15, 0.2) is 0 Å². The van der Waals surface area contributed by atoms with Gasteiger partial charge in [-0.1, -0.05) is 18.2 Å². The summed E-state index contributed by atoms with van der Waals surface area (Å²) < 4.78 is 5.11. The van der Waals surface area contributed by atoms with E-state index in [-0.39, 0.29) is 5.91 Å². The number of amides is 1. The number of nitrogens with one attached hydrogen (secondary N) is 1. The second-order valence-electron chi connectivity index (χ2n) is 4.66. The zero-order valence-corrected chi connectivity index (χ0v) is 11.9. The third-order valence-corrected chi connectivity index (χ3v) is 3.17. The van der Waals surface area contributed by atoms with E-state index in [4.69, 9.17) is 4.42 Å². The fourth-order valence-electron chi connectivity index (χ4n) is 2.00. The van der Waals surface area contributed by atoms with Crippen molar-refractivity contribution in [1.29, 1.82) is 0 Å². The van der Waals surface area contributed by atoms with Crippen molar-refractivity contribution in [3.8, 4) is 11.5 Å². The van der Waals surface area contributed by atoms with Crippen LogP contribution < -0.4 is 10.4 Å². The fraction of sp³-hybridized carbons (Fsp3) is 0.0625. The van der Waals surface area contributed by atoms with Crippen LogP contribution in [-0.4, -0.2) is 23.2 Å². The molecule has 6 nitrogen and oxygen atoms in total. The number of anilines is 1. The number of rotatable bonds is 4. The average molecular weight is 294 g/mol. The van der Waals surface area contributed by atoms with Crippen LogP contribution in [-0.2, 0) is 0 Å². The molecule has 2 aromatic carbocycles. The van der Waals surface area contributed by atoms with E-state index in [0.29, 0.717) is 11.5 Å². The van der Waals surface area contributed by atoms with Gasteiger partial charge in [0.2, 0.25) is 12.3 Å². The first-order chi connectivity index (χ1) is 10.7. The number of benzene rings is 2. The van der Waals surface area contributed by atoms with Gasteiger partial charge in [0.25, 0.3) is 5.91 Å². The first-order valence-corrected chi connectivity index (χ1v) is 6.70. The highest BCUT2D eigenvalue weighted by atomic mass is 16.4. The predicted octanol–water partition coefficient (Wildman–Crippen LogP) is 2.52. The van der Waals surface area contributed by atoms with Crippen molar-refractivity contribution < 1.29 is 9.21 Å². The molecule has 110 valence electrons. The van der Waals surface area contributed by atoms with Crippen molar-refractivity contribution in [2.75, 3.05) is 12.1 Å². The molecule has 1 heterocycles. The Balaban J connectivity index is 1.70. The lowest BCUT2D eigenvalue weighted by atomic mass is 10.1. The molecule has 6 heteroatoms. The van der Waals surface area contributed by atoms with Crippen molar-refractivity contribution in [1.82, 2.24) is 15.6 Å². The molecule has 0 aliphatic carbocycles. The van der Waals surface area contributed by atoms with Crippen LogP contribution in [0.3, 0.4) is 0 Å². The van der Waals surface area contributed by atoms with E-state index in [1.54, 1.807) is 36.3 Å². The smallest absolute Gasteiger partial charge is 0.269 e. The van der Waals surface area contributed by atoms with Gasteiger partial charge in [-0.25, -0.2) is 0 Å². The molecule has 0 aliphatic heterocycles. The molecule has 0 bridgehead atoms. The van der Waals surface area contributed by atoms with Crippen LogP contribution in [0.1, 0.15) is 10.4 Å². The largest absolute Gasteiger partial charge is 0.423 e. The number of hydrogen-bond donors (Lipinski definition) is 1. The van der Waals surface area contributed by atoms with Crippen molar-refractivity contribution in [3.05, 3.63) is 66.6 Å². The number of carbonyl (C=O) groups excluding carboxylic acids is 1. The highest BCUT2D eigenvalue weighted by molar-refractivity contribution is 5.95. The van der Waals surface area contributed by atoms with E-state index in [9.17, 15) is 4.79 Å². The number of nitrogens with zero attached hydrogens (tertiary/aromatic N) is 3. The third-order valence-electron chi connectivity index (χ3n) is 3.17. The van der Waals surface area contributed by atoms with Crippen molar-refractivity contribution in [2.24, 2.45) is 0 Å². The maximum Gasteiger partial charge on any atom is 0.269 e. The maximum atomic E-state index is 12.2. The molecule has 0 fully saturated rings. The van der Waals surface area contributed by atoms with Gasteiger partial charge in [0.05, 0.1) is 5.69 Å². The normalized spacial score (nSPS) is 10.2. The molecule has 0 atom stereocenters. The van der Waals surface area contributed by atoms with Gasteiger partial charge in [-0.05, 0) is 36.4 Å². The molecule has 0 unspecified atom stereocenters. The molecule has 0 saturated heterocycles. The first-order valence-electron chi connectivity index (χ1n) is 6.70. The second kappa shape index (κ2) is 6.09. The van der Waals surface area contributed by atoms with Crippen molar-refractivity contribution >= 4 is 11.6 Å². The quantitative estimate of drug-likeness (QED) is 0.749. The van der Waals surface area contributed by atoms with Gasteiger partial charge in [-0.15, -0.1) is 10.2 Å². The average Bonchev–Trinajstić information content (AvgIpc) is 3.10. The number of hydrazine groups is 1. The van der Waals surface area contributed by atoms with Crippen LogP contribution >= 0.6 is 0 Å². The maximum absolute atomic E-state index is 12.2. The lowest BCUT2D eigenvalue weighted by molar-refractivity contribution is 0.0951. The van der Waals surface area contributed by atoms with Gasteiger partial charge >= 0.3 is 0 Å². The molecule has 1 amide bonds. The summed E-state index contributed by atoms with van der Waals surface area (Å²) in [6.45, 7) is 0. The van der Waals surface area contributed by atoms with E-state index in [0.717, 1.165) is 11.3 Å². The Hall–Kier alpha value is -3.15. The number of hydrogen-bond acceptors (Lipinski definition) is 5. The van der Waals surface area contributed by atoms with Gasteiger partial charge in [-0.3, -0.25) is 15.2 Å². The molecule has 0 saturated carbocycles. The molecule has 0 spiro atoms. The summed E-state index contributed by atoms with van der Waals surface area (Å²) in [7, 11) is 1.79. The third kappa shape index (κ3) is 2.95. The predicted molar refractivity (Wildman–Crippen MR) is 82.0 cm³/mol. The molecule has 1 N–H and O–H groups in total. The van der Waals surface area contributed by atoms with E-state index in [1.807, 2.05) is 30.3 Å². The van der Waals surface area contributed by atoms with Gasteiger partial charge < -0.3 is 4.42 Å². The molecular formula is C16H14N4O2. The lowest BCUT2D eigenvalue weighted by Crippen LogP contribution is -2.39. The lowest BCUT2D eigenvalue weighted by Gasteiger charge is -2.20. The van der Waals surface area contributed by atoms with E-state index < -0.39 is 0 Å². The summed E-state index contributed by atoms with van der Waals surface area (Å²) in [6, 6.07) is 16.6. The van der Waals surface area contributed by atoms with E-state index >= 15 is 0 Å². The van der Waals surface area contributed by atoms with Crippen LogP contribution in [0.2, 0.25) is 0 Å². The minimum Gasteiger partial charge on any atom is -0.423 e. The molecule has 0 radical (unpaired) electrons. The number of aromatic nitrogens is 2. The summed E-state index contributed by atoms with van der Waals surface area (Å²) in [5.41, 5.74) is 5.03. The Labute approximate surface area is 127 Å². The topological polar surface area (TPSA) is 71.3 Å². The first kappa shape index (κ1) is 13.8. The summed E-state index contributed by atoms with van der Waals surface area (Å²) in [5.74, 6) is 0.233. The summed E-state index contributed by atoms with van der Waals surface area (Å²) in [6.07, 6.45) is 1.27. The second-order valence-corrected chi connectivity index (χ2v) is 4.66. The molecule has 0 aliphatic rings. The molecule has 1 aromatic heterocycles. The summed E-state index contributed by atoms with van der Waals surface area (Å²) in [4.78, 5) is 12.2. The Morgan fingerprint density at radius 1 is 1.09 bits per heavy atom. The van der Waals surface area contributed by atoms with Gasteiger partial charge in [0, 0.05) is 18.2 Å². The van der Waals surface area contributed by atoms with Gasteiger partial charge in [0.1, 0.15) is 0 Å². The van der Waals surface area contributed by atoms with Crippen LogP contribution in [0.5, 0.6) is 0 Å². The van der Waals surface area contributed by atoms with Crippen molar-refractivity contribution in [3.63, 3.8) is 0 Å². The molecule has 3 aromatic rings. The zero-order valence-electron chi connectivity index (χ0n) is 11.9. The summed E-state index contributed by atoms with van der Waals surface area (Å²) >= 11 is 0. The SMILES string of the molecule is CN(NC(=O)c1ccc(-c2nnco2)cc1)c1ccccc1. The van der Waals surface area contributed by atoms with Crippen LogP contribution in [0, 0.1) is 0 Å². The highest BCUT2D eigenvalue weighted by Crippen LogP contribution is 2.17. The Kier molecular flexibility index (Phi) is 3.82. The van der Waals surface area contributed by atoms with Crippen LogP contribution in [0.15, 0.2) is 65.4 Å². The molecule has 22 heavy (non-hydrogen) atoms. The Morgan fingerprint density at radius 3 is 2.45 bits per heavy atom. The standard InChI is InChI=1S/C16H14N4O2/c1-20(14-5-3-2-4-6-14)19-15(21)12-7-9-13(10-8-12)16-18-17-11-22-16/h2-11H,1H3,(H,19,21). The molecule has 3 rings (SSSR count). The molecular weight excluding hydrogens is 280 g/mol. The van der Waals surface area contributed by atoms with Crippen LogP contribution in [0.4, 0.5) is 5.69 Å². The van der Waals surface area contributed by atoms with Gasteiger partial charge in [-0.2, -0.15) is 0 Å². The van der Waals surface area contributed by atoms with E-state index in [2.05, 4.69) is 15.6 Å².